The third kappa shape index (κ3) is 4.68. The maximum Gasteiger partial charge on any atom is 0.251 e. The highest BCUT2D eigenvalue weighted by atomic mass is 79.9. The first-order valence-electron chi connectivity index (χ1n) is 5.29. The topological polar surface area (TPSA) is 29.1 Å². The molecule has 0 spiro atoms. The number of carbonyl (C=O) groups excluding carboxylic acids is 1. The van der Waals surface area contributed by atoms with Gasteiger partial charge in [-0.25, -0.2) is 4.39 Å². The molecule has 1 aromatic rings. The summed E-state index contributed by atoms with van der Waals surface area (Å²) in [6.45, 7) is 1.96. The predicted molar refractivity (Wildman–Crippen MR) is 74.0 cm³/mol. The summed E-state index contributed by atoms with van der Waals surface area (Å²) in [5.74, 6) is 0.477. The van der Waals surface area contributed by atoms with E-state index >= 15 is 0 Å². The lowest BCUT2D eigenvalue weighted by atomic mass is 10.2. The summed E-state index contributed by atoms with van der Waals surface area (Å²) in [6, 6.07) is 4.38. The molecule has 0 saturated carbocycles. The van der Waals surface area contributed by atoms with Crippen LogP contribution < -0.4 is 5.32 Å². The smallest absolute Gasteiger partial charge is 0.251 e. The van der Waals surface area contributed by atoms with Crippen molar-refractivity contribution in [2.24, 2.45) is 0 Å². The number of hydrogen-bond donors (Lipinski definition) is 1. The van der Waals surface area contributed by atoms with Gasteiger partial charge in [0.25, 0.3) is 5.91 Å². The molecule has 0 radical (unpaired) electrons. The molecule has 5 heteroatoms. The zero-order chi connectivity index (χ0) is 12.8. The summed E-state index contributed by atoms with van der Waals surface area (Å²) in [5, 5.41) is 2.88. The third-order valence-electron chi connectivity index (χ3n) is 2.31. The molecule has 1 rings (SSSR count). The Morgan fingerprint density at radius 3 is 2.88 bits per heavy atom. The van der Waals surface area contributed by atoms with Crippen LogP contribution in [0.4, 0.5) is 4.39 Å². The van der Waals surface area contributed by atoms with Crippen molar-refractivity contribution < 1.29 is 9.18 Å². The molecule has 0 saturated heterocycles. The summed E-state index contributed by atoms with van der Waals surface area (Å²) in [5.41, 5.74) is 0.467. The van der Waals surface area contributed by atoms with Gasteiger partial charge < -0.3 is 5.32 Å². The van der Waals surface area contributed by atoms with E-state index in [2.05, 4.69) is 21.2 Å². The van der Waals surface area contributed by atoms with Gasteiger partial charge >= 0.3 is 0 Å². The fourth-order valence-corrected chi connectivity index (χ4v) is 2.28. The molecule has 0 aliphatic rings. The molecule has 94 valence electrons. The van der Waals surface area contributed by atoms with Crippen LogP contribution >= 0.6 is 27.7 Å². The van der Waals surface area contributed by atoms with Gasteiger partial charge in [-0.15, -0.1) is 0 Å². The molecular formula is C12H15BrFNOS. The van der Waals surface area contributed by atoms with Crippen molar-refractivity contribution in [2.45, 2.75) is 19.4 Å². The van der Waals surface area contributed by atoms with Crippen LogP contribution in [0.2, 0.25) is 0 Å². The molecule has 1 aromatic carbocycles. The Hall–Kier alpha value is -0.550. The summed E-state index contributed by atoms with van der Waals surface area (Å²) >= 11 is 4.81. The quantitative estimate of drug-likeness (QED) is 0.900. The molecule has 1 amide bonds. The van der Waals surface area contributed by atoms with E-state index in [1.54, 1.807) is 11.8 Å². The standard InChI is InChI=1S/C12H15BrFNOS/c1-8(5-6-17-2)15-12(16)9-3-4-11(14)10(13)7-9/h3-4,7-8H,5-6H2,1-2H3,(H,15,16). The summed E-state index contributed by atoms with van der Waals surface area (Å²) in [7, 11) is 0. The maximum absolute atomic E-state index is 13.0. The molecule has 0 aliphatic heterocycles. The number of rotatable bonds is 5. The summed E-state index contributed by atoms with van der Waals surface area (Å²) in [6.07, 6.45) is 2.96. The first-order chi connectivity index (χ1) is 8.04. The Balaban J connectivity index is 2.60. The Labute approximate surface area is 113 Å². The van der Waals surface area contributed by atoms with E-state index in [-0.39, 0.29) is 17.8 Å². The van der Waals surface area contributed by atoms with Crippen LogP contribution in [-0.2, 0) is 0 Å². The molecule has 0 heterocycles. The zero-order valence-electron chi connectivity index (χ0n) is 9.80. The minimum absolute atomic E-state index is 0.124. The molecule has 17 heavy (non-hydrogen) atoms. The van der Waals surface area contributed by atoms with Crippen LogP contribution in [0.15, 0.2) is 22.7 Å². The molecule has 0 aromatic heterocycles. The highest BCUT2D eigenvalue weighted by molar-refractivity contribution is 9.10. The van der Waals surface area contributed by atoms with Crippen molar-refractivity contribution in [2.75, 3.05) is 12.0 Å². The number of amides is 1. The molecule has 2 nitrogen and oxygen atoms in total. The molecule has 1 atom stereocenters. The second kappa shape index (κ2) is 7.01. The molecule has 0 bridgehead atoms. The first kappa shape index (κ1) is 14.5. The van der Waals surface area contributed by atoms with Crippen molar-refractivity contribution in [3.05, 3.63) is 34.1 Å². The normalized spacial score (nSPS) is 12.2. The van der Waals surface area contributed by atoms with Gasteiger partial charge in [0.15, 0.2) is 0 Å². The van der Waals surface area contributed by atoms with Crippen LogP contribution in [0.1, 0.15) is 23.7 Å². The van der Waals surface area contributed by atoms with Gasteiger partial charge in [0.05, 0.1) is 4.47 Å². The second-order valence-corrected chi connectivity index (χ2v) is 5.62. The Bertz CT molecular complexity index is 400. The minimum Gasteiger partial charge on any atom is -0.350 e. The van der Waals surface area contributed by atoms with Crippen molar-refractivity contribution >= 4 is 33.6 Å². The van der Waals surface area contributed by atoms with Gasteiger partial charge in [-0.1, -0.05) is 0 Å². The SMILES string of the molecule is CSCCC(C)NC(=O)c1ccc(F)c(Br)c1. The van der Waals surface area contributed by atoms with Crippen LogP contribution in [0.5, 0.6) is 0 Å². The van der Waals surface area contributed by atoms with E-state index in [1.807, 2.05) is 13.2 Å². The van der Waals surface area contributed by atoms with Crippen molar-refractivity contribution in [1.29, 1.82) is 0 Å². The Kier molecular flexibility index (Phi) is 5.98. The number of benzene rings is 1. The van der Waals surface area contributed by atoms with Crippen molar-refractivity contribution in [1.82, 2.24) is 5.32 Å². The molecule has 1 N–H and O–H groups in total. The largest absolute Gasteiger partial charge is 0.350 e. The van der Waals surface area contributed by atoms with E-state index in [0.29, 0.717) is 10.0 Å². The predicted octanol–water partition coefficient (Wildman–Crippen LogP) is 3.46. The molecular weight excluding hydrogens is 305 g/mol. The fourth-order valence-electron chi connectivity index (χ4n) is 1.31. The van der Waals surface area contributed by atoms with Crippen molar-refractivity contribution in [3.8, 4) is 0 Å². The van der Waals surface area contributed by atoms with Crippen molar-refractivity contribution in [3.63, 3.8) is 0 Å². The Morgan fingerprint density at radius 2 is 2.29 bits per heavy atom. The zero-order valence-corrected chi connectivity index (χ0v) is 12.2. The number of halogens is 2. The maximum atomic E-state index is 13.0. The molecule has 0 fully saturated rings. The summed E-state index contributed by atoms with van der Waals surface area (Å²) < 4.78 is 13.3. The average molecular weight is 320 g/mol. The Morgan fingerprint density at radius 1 is 1.59 bits per heavy atom. The number of carbonyl (C=O) groups is 1. The van der Waals surface area contributed by atoms with Gasteiger partial charge in [-0.2, -0.15) is 11.8 Å². The van der Waals surface area contributed by atoms with Gasteiger partial charge in [-0.3, -0.25) is 4.79 Å². The van der Waals surface area contributed by atoms with E-state index < -0.39 is 0 Å². The lowest BCUT2D eigenvalue weighted by Gasteiger charge is -2.13. The minimum atomic E-state index is -0.364. The average Bonchev–Trinajstić information content (AvgIpc) is 2.30. The van der Waals surface area contributed by atoms with E-state index in [1.165, 1.54) is 18.2 Å². The number of hydrogen-bond acceptors (Lipinski definition) is 2. The highest BCUT2D eigenvalue weighted by Gasteiger charge is 2.11. The molecule has 0 aliphatic carbocycles. The first-order valence-corrected chi connectivity index (χ1v) is 7.48. The highest BCUT2D eigenvalue weighted by Crippen LogP contribution is 2.16. The second-order valence-electron chi connectivity index (χ2n) is 3.78. The summed E-state index contributed by atoms with van der Waals surface area (Å²) in [4.78, 5) is 11.8. The van der Waals surface area contributed by atoms with E-state index in [4.69, 9.17) is 0 Å². The third-order valence-corrected chi connectivity index (χ3v) is 3.57. The van der Waals surface area contributed by atoms with Gasteiger partial charge in [0.1, 0.15) is 5.82 Å². The van der Waals surface area contributed by atoms with Gasteiger partial charge in [0.2, 0.25) is 0 Å². The van der Waals surface area contributed by atoms with Gasteiger partial charge in [-0.05, 0) is 59.5 Å². The molecule has 1 unspecified atom stereocenters. The van der Waals surface area contributed by atoms with Gasteiger partial charge in [0, 0.05) is 11.6 Å². The van der Waals surface area contributed by atoms with Crippen LogP contribution in [0, 0.1) is 5.82 Å². The lowest BCUT2D eigenvalue weighted by Crippen LogP contribution is -2.32. The van der Waals surface area contributed by atoms with Crippen LogP contribution in [0.3, 0.4) is 0 Å². The van der Waals surface area contributed by atoms with E-state index in [9.17, 15) is 9.18 Å². The number of thioether (sulfide) groups is 1. The monoisotopic (exact) mass is 319 g/mol. The van der Waals surface area contributed by atoms with E-state index in [0.717, 1.165) is 12.2 Å². The lowest BCUT2D eigenvalue weighted by molar-refractivity contribution is 0.0939. The van der Waals surface area contributed by atoms with Crippen LogP contribution in [-0.4, -0.2) is 24.0 Å². The van der Waals surface area contributed by atoms with Crippen LogP contribution in [0.25, 0.3) is 0 Å². The number of nitrogens with one attached hydrogen (secondary N) is 1. The fraction of sp³-hybridized carbons (Fsp3) is 0.417.